The third-order valence-corrected chi connectivity index (χ3v) is 4.32. The number of carbonyl (C=O) groups is 1. The van der Waals surface area contributed by atoms with E-state index in [9.17, 15) is 17.1 Å². The van der Waals surface area contributed by atoms with E-state index in [1.807, 2.05) is 0 Å². The molecule has 1 fully saturated rings. The number of nitrogens with zero attached hydrogens (tertiary/aromatic N) is 1. The maximum atomic E-state index is 12.6. The van der Waals surface area contributed by atoms with Gasteiger partial charge < -0.3 is 4.74 Å². The predicted molar refractivity (Wildman–Crippen MR) is 58.0 cm³/mol. The van der Waals surface area contributed by atoms with Gasteiger partial charge in [-0.25, -0.2) is 4.98 Å². The highest BCUT2D eigenvalue weighted by Crippen LogP contribution is 2.25. The average molecular weight is 280 g/mol. The minimum atomic E-state index is -4.76. The van der Waals surface area contributed by atoms with E-state index in [-0.39, 0.29) is 11.0 Å². The van der Waals surface area contributed by atoms with Gasteiger partial charge in [-0.3, -0.25) is 10.1 Å². The van der Waals surface area contributed by atoms with Crippen LogP contribution in [0.15, 0.2) is 10.4 Å². The molecular formula is C8H9FN2O4S2. The van der Waals surface area contributed by atoms with Crippen molar-refractivity contribution in [2.24, 2.45) is 0 Å². The second-order valence-electron chi connectivity index (χ2n) is 3.41. The summed E-state index contributed by atoms with van der Waals surface area (Å²) in [4.78, 5) is 15.2. The van der Waals surface area contributed by atoms with Crippen LogP contribution < -0.4 is 5.32 Å². The number of nitrogens with one attached hydrogen (secondary N) is 1. The summed E-state index contributed by atoms with van der Waals surface area (Å²) in [6.07, 6.45) is 1.75. The molecule has 0 aliphatic carbocycles. The van der Waals surface area contributed by atoms with Crippen molar-refractivity contribution >= 4 is 32.6 Å². The molecule has 0 saturated carbocycles. The van der Waals surface area contributed by atoms with Crippen LogP contribution in [0.2, 0.25) is 0 Å². The first-order chi connectivity index (χ1) is 7.97. The van der Waals surface area contributed by atoms with Crippen molar-refractivity contribution in [3.8, 4) is 0 Å². The number of ether oxygens (including phenoxy) is 1. The van der Waals surface area contributed by atoms with Gasteiger partial charge in [-0.1, -0.05) is 15.2 Å². The van der Waals surface area contributed by atoms with Gasteiger partial charge in [0.25, 0.3) is 5.91 Å². The van der Waals surface area contributed by atoms with Gasteiger partial charge in [0.1, 0.15) is 6.10 Å². The van der Waals surface area contributed by atoms with Crippen molar-refractivity contribution in [2.45, 2.75) is 23.2 Å². The molecule has 1 aromatic rings. The van der Waals surface area contributed by atoms with Gasteiger partial charge in [0.15, 0.2) is 9.34 Å². The molecule has 1 atom stereocenters. The molecule has 2 rings (SSSR count). The molecule has 6 nitrogen and oxygen atoms in total. The third kappa shape index (κ3) is 2.99. The lowest BCUT2D eigenvalue weighted by Crippen LogP contribution is -2.26. The fourth-order valence-corrected chi connectivity index (χ4v) is 2.77. The van der Waals surface area contributed by atoms with Gasteiger partial charge >= 0.3 is 10.2 Å². The van der Waals surface area contributed by atoms with E-state index < -0.39 is 20.5 Å². The summed E-state index contributed by atoms with van der Waals surface area (Å²) >= 11 is 0.565. The number of rotatable bonds is 3. The Kier molecular flexibility index (Phi) is 3.40. The van der Waals surface area contributed by atoms with Gasteiger partial charge in [-0.05, 0) is 12.8 Å². The number of amides is 1. The van der Waals surface area contributed by atoms with Crippen LogP contribution in [0.1, 0.15) is 12.8 Å². The largest absolute Gasteiger partial charge is 0.368 e. The molecule has 1 aromatic heterocycles. The molecule has 9 heteroatoms. The van der Waals surface area contributed by atoms with Crippen LogP contribution in [-0.2, 0) is 19.8 Å². The smallest absolute Gasteiger partial charge is 0.343 e. The summed E-state index contributed by atoms with van der Waals surface area (Å²) in [5, 5.41) is 2.43. The first-order valence-electron chi connectivity index (χ1n) is 4.80. The molecule has 2 heterocycles. The molecule has 1 N–H and O–H groups in total. The second kappa shape index (κ2) is 4.67. The van der Waals surface area contributed by atoms with Gasteiger partial charge in [-0.15, -0.1) is 0 Å². The lowest BCUT2D eigenvalue weighted by atomic mass is 10.2. The maximum Gasteiger partial charge on any atom is 0.343 e. The van der Waals surface area contributed by atoms with Crippen LogP contribution in [0.25, 0.3) is 0 Å². The van der Waals surface area contributed by atoms with E-state index in [1.54, 1.807) is 0 Å². The number of hydrogen-bond donors (Lipinski definition) is 1. The zero-order valence-corrected chi connectivity index (χ0v) is 10.2. The van der Waals surface area contributed by atoms with E-state index in [2.05, 4.69) is 10.3 Å². The van der Waals surface area contributed by atoms with Gasteiger partial charge in [-0.2, -0.15) is 8.42 Å². The van der Waals surface area contributed by atoms with E-state index in [1.165, 1.54) is 0 Å². The van der Waals surface area contributed by atoms with Crippen molar-refractivity contribution in [2.75, 3.05) is 11.9 Å². The Morgan fingerprint density at radius 1 is 1.65 bits per heavy atom. The number of hydrogen-bond acceptors (Lipinski definition) is 6. The summed E-state index contributed by atoms with van der Waals surface area (Å²) in [6.45, 7) is 0.528. The number of anilines is 1. The van der Waals surface area contributed by atoms with Crippen molar-refractivity contribution < 1.29 is 21.8 Å². The number of thiazole rings is 1. The SMILES string of the molecule is O=C(Nc1ncc(S(=O)(=O)F)s1)[C@H]1CCCO1. The minimum absolute atomic E-state index is 0.0433. The Bertz CT molecular complexity index is 521. The second-order valence-corrected chi connectivity index (χ2v) is 6.02. The standard InChI is InChI=1S/C8H9FN2O4S2/c9-17(13,14)6-4-10-8(16-6)11-7(12)5-2-1-3-15-5/h4-5H,1-3H2,(H,10,11,12)/t5-/m1/s1. The summed E-state index contributed by atoms with van der Waals surface area (Å²) in [5.41, 5.74) is 0. The third-order valence-electron chi connectivity index (χ3n) is 2.18. The first-order valence-corrected chi connectivity index (χ1v) is 7.00. The van der Waals surface area contributed by atoms with Crippen LogP contribution in [0.3, 0.4) is 0 Å². The summed E-state index contributed by atoms with van der Waals surface area (Å²) in [7, 11) is -4.76. The quantitative estimate of drug-likeness (QED) is 0.832. The first kappa shape index (κ1) is 12.4. The lowest BCUT2D eigenvalue weighted by Gasteiger charge is -2.07. The van der Waals surface area contributed by atoms with Gasteiger partial charge in [0.2, 0.25) is 0 Å². The summed E-state index contributed by atoms with van der Waals surface area (Å²) in [6, 6.07) is 0. The molecule has 1 amide bonds. The molecule has 17 heavy (non-hydrogen) atoms. The highest BCUT2D eigenvalue weighted by Gasteiger charge is 2.25. The van der Waals surface area contributed by atoms with Gasteiger partial charge in [0, 0.05) is 6.61 Å². The molecule has 0 bridgehead atoms. The number of carbonyl (C=O) groups excluding carboxylic acids is 1. The Morgan fingerprint density at radius 2 is 2.41 bits per heavy atom. The van der Waals surface area contributed by atoms with Crippen molar-refractivity contribution in [1.29, 1.82) is 0 Å². The highest BCUT2D eigenvalue weighted by atomic mass is 32.3. The molecule has 0 radical (unpaired) electrons. The van der Waals surface area contributed by atoms with E-state index in [4.69, 9.17) is 4.74 Å². The normalized spacial score (nSPS) is 20.4. The molecular weight excluding hydrogens is 271 g/mol. The van der Waals surface area contributed by atoms with Crippen molar-refractivity contribution in [1.82, 2.24) is 4.98 Å². The number of halogens is 1. The van der Waals surface area contributed by atoms with Crippen molar-refractivity contribution in [3.05, 3.63) is 6.20 Å². The van der Waals surface area contributed by atoms with Crippen LogP contribution in [0.4, 0.5) is 9.02 Å². The molecule has 0 unspecified atom stereocenters. The maximum absolute atomic E-state index is 12.6. The van der Waals surface area contributed by atoms with Crippen molar-refractivity contribution in [3.63, 3.8) is 0 Å². The van der Waals surface area contributed by atoms with Gasteiger partial charge in [0.05, 0.1) is 6.20 Å². The fourth-order valence-electron chi connectivity index (χ4n) is 1.40. The van der Waals surface area contributed by atoms with Crippen LogP contribution in [0.5, 0.6) is 0 Å². The lowest BCUT2D eigenvalue weighted by molar-refractivity contribution is -0.124. The fraction of sp³-hybridized carbons (Fsp3) is 0.500. The Hall–Kier alpha value is -1.06. The molecule has 1 aliphatic heterocycles. The average Bonchev–Trinajstić information content (AvgIpc) is 2.85. The molecule has 1 aliphatic rings. The topological polar surface area (TPSA) is 85.4 Å². The summed E-state index contributed by atoms with van der Waals surface area (Å²) in [5.74, 6) is -0.389. The van der Waals surface area contributed by atoms with E-state index >= 15 is 0 Å². The predicted octanol–water partition coefficient (Wildman–Crippen LogP) is 0.919. The van der Waals surface area contributed by atoms with Crippen LogP contribution in [-0.4, -0.2) is 32.0 Å². The zero-order chi connectivity index (χ0) is 12.5. The molecule has 94 valence electrons. The minimum Gasteiger partial charge on any atom is -0.368 e. The Labute approximate surface area is 101 Å². The number of aromatic nitrogens is 1. The van der Waals surface area contributed by atoms with Crippen LogP contribution in [0, 0.1) is 0 Å². The highest BCUT2D eigenvalue weighted by molar-refractivity contribution is 7.88. The Balaban J connectivity index is 2.04. The molecule has 0 spiro atoms. The summed E-state index contributed by atoms with van der Waals surface area (Å²) < 4.78 is 38.3. The monoisotopic (exact) mass is 280 g/mol. The zero-order valence-electron chi connectivity index (χ0n) is 8.55. The van der Waals surface area contributed by atoms with E-state index in [0.29, 0.717) is 24.4 Å². The van der Waals surface area contributed by atoms with E-state index in [0.717, 1.165) is 12.6 Å². The molecule has 0 aromatic carbocycles. The Morgan fingerprint density at radius 3 is 2.94 bits per heavy atom. The molecule has 1 saturated heterocycles. The van der Waals surface area contributed by atoms with Crippen LogP contribution >= 0.6 is 11.3 Å².